The SMILES string of the molecule is C=CC(=O)N1CC2(CCN(c3nc4c(c(-c5c(C)ccc6nonc56)c3C#N)C[C@H]3C[C@@H]4C3(C)C)C2)C1. The van der Waals surface area contributed by atoms with Gasteiger partial charge in [0, 0.05) is 48.6 Å². The van der Waals surface area contributed by atoms with Crippen LogP contribution in [0, 0.1) is 35.0 Å². The topological polar surface area (TPSA) is 99.2 Å². The number of pyridine rings is 1. The van der Waals surface area contributed by atoms with Crippen molar-refractivity contribution in [3.05, 3.63) is 47.2 Å². The van der Waals surface area contributed by atoms with Crippen molar-refractivity contribution in [2.45, 2.75) is 46.0 Å². The van der Waals surface area contributed by atoms with Crippen molar-refractivity contribution in [3.63, 3.8) is 0 Å². The first kappa shape index (κ1) is 22.5. The molecule has 0 N–H and O–H groups in total. The molecule has 8 rings (SSSR count). The minimum atomic E-state index is -0.0115. The molecule has 3 aliphatic carbocycles. The number of hydrogen-bond donors (Lipinski definition) is 0. The molecule has 1 spiro atoms. The third-order valence-electron chi connectivity index (χ3n) is 9.84. The first-order valence-electron chi connectivity index (χ1n) is 13.1. The summed E-state index contributed by atoms with van der Waals surface area (Å²) in [4.78, 5) is 21.5. The number of carbonyl (C=O) groups excluding carboxylic acids is 1. The summed E-state index contributed by atoms with van der Waals surface area (Å²) in [6.45, 7) is 13.5. The van der Waals surface area contributed by atoms with Crippen LogP contribution >= 0.6 is 0 Å². The van der Waals surface area contributed by atoms with E-state index in [1.165, 1.54) is 11.6 Å². The van der Waals surface area contributed by atoms with Crippen molar-refractivity contribution in [2.24, 2.45) is 16.7 Å². The number of carbonyl (C=O) groups is 1. The number of amides is 1. The summed E-state index contributed by atoms with van der Waals surface area (Å²) in [5, 5.41) is 19.0. The van der Waals surface area contributed by atoms with Crippen molar-refractivity contribution in [3.8, 4) is 17.2 Å². The molecule has 2 atom stereocenters. The van der Waals surface area contributed by atoms with Gasteiger partial charge in [0.15, 0.2) is 0 Å². The highest BCUT2D eigenvalue weighted by Gasteiger charge is 2.55. The van der Waals surface area contributed by atoms with Gasteiger partial charge < -0.3 is 9.80 Å². The van der Waals surface area contributed by atoms with Gasteiger partial charge in [-0.1, -0.05) is 26.5 Å². The summed E-state index contributed by atoms with van der Waals surface area (Å²) in [7, 11) is 0. The van der Waals surface area contributed by atoms with Crippen LogP contribution in [0.3, 0.4) is 0 Å². The van der Waals surface area contributed by atoms with Crippen molar-refractivity contribution in [2.75, 3.05) is 31.1 Å². The van der Waals surface area contributed by atoms with E-state index in [2.05, 4.69) is 48.6 Å². The van der Waals surface area contributed by atoms with Crippen LogP contribution in [0.4, 0.5) is 5.82 Å². The average molecular weight is 495 g/mol. The fourth-order valence-electron chi connectivity index (χ4n) is 7.50. The number of nitriles is 1. The number of likely N-dealkylation sites (tertiary alicyclic amines) is 1. The summed E-state index contributed by atoms with van der Waals surface area (Å²) < 4.78 is 5.13. The number of nitrogens with zero attached hydrogens (tertiary/aromatic N) is 6. The van der Waals surface area contributed by atoms with E-state index < -0.39 is 0 Å². The molecule has 4 heterocycles. The summed E-state index contributed by atoms with van der Waals surface area (Å²) in [6, 6.07) is 6.52. The fourth-order valence-corrected chi connectivity index (χ4v) is 7.50. The molecule has 2 saturated heterocycles. The molecular weight excluding hydrogens is 464 g/mol. The number of hydrogen-bond acceptors (Lipinski definition) is 7. The van der Waals surface area contributed by atoms with Crippen LogP contribution in [0.25, 0.3) is 22.2 Å². The number of fused-ring (bicyclic) bond motifs is 1. The van der Waals surface area contributed by atoms with Crippen molar-refractivity contribution < 1.29 is 9.42 Å². The highest BCUT2D eigenvalue weighted by molar-refractivity contribution is 5.97. The van der Waals surface area contributed by atoms with E-state index in [0.717, 1.165) is 73.6 Å². The van der Waals surface area contributed by atoms with Crippen LogP contribution in [0.1, 0.15) is 55.0 Å². The molecular formula is C29H30N6O2. The molecule has 3 aromatic rings. The largest absolute Gasteiger partial charge is 0.355 e. The molecule has 3 fully saturated rings. The maximum Gasteiger partial charge on any atom is 0.245 e. The molecule has 5 aliphatic rings. The summed E-state index contributed by atoms with van der Waals surface area (Å²) in [6.07, 6.45) is 4.43. The summed E-state index contributed by atoms with van der Waals surface area (Å²) in [5.41, 5.74) is 7.55. The van der Waals surface area contributed by atoms with Crippen molar-refractivity contribution in [1.29, 1.82) is 5.26 Å². The van der Waals surface area contributed by atoms with Gasteiger partial charge in [-0.3, -0.25) is 4.79 Å². The second-order valence-electron chi connectivity index (χ2n) is 12.1. The van der Waals surface area contributed by atoms with Crippen molar-refractivity contribution >= 4 is 22.8 Å². The lowest BCUT2D eigenvalue weighted by molar-refractivity contribution is -0.136. The Balaban J connectivity index is 1.40. The van der Waals surface area contributed by atoms with Gasteiger partial charge in [0.2, 0.25) is 5.91 Å². The third-order valence-corrected chi connectivity index (χ3v) is 9.84. The Morgan fingerprint density at radius 2 is 2.05 bits per heavy atom. The first-order chi connectivity index (χ1) is 17.8. The summed E-state index contributed by atoms with van der Waals surface area (Å²) >= 11 is 0. The van der Waals surface area contributed by atoms with Gasteiger partial charge in [-0.15, -0.1) is 0 Å². The standard InChI is InChI=1S/C29H30N6O2/c1-5-22(36)35-14-29(15-35)8-9-34(13-29)27-19(12-30)24(23-16(2)6-7-21-26(23)33-37-32-21)18-10-17-11-20(25(18)31-27)28(17,3)4/h5-7,17,20H,1,8-11,13-15H2,2-4H3/t17-,20-/m0/s1. The molecule has 1 saturated carbocycles. The molecule has 2 aromatic heterocycles. The van der Waals surface area contributed by atoms with Gasteiger partial charge in [0.1, 0.15) is 28.5 Å². The number of anilines is 1. The molecule has 188 valence electrons. The van der Waals surface area contributed by atoms with E-state index in [-0.39, 0.29) is 16.7 Å². The highest BCUT2D eigenvalue weighted by Crippen LogP contribution is 2.63. The summed E-state index contributed by atoms with van der Waals surface area (Å²) in [5.74, 6) is 1.72. The molecule has 0 unspecified atom stereocenters. The van der Waals surface area contributed by atoms with E-state index in [0.29, 0.717) is 28.4 Å². The maximum atomic E-state index is 12.1. The van der Waals surface area contributed by atoms with Crippen LogP contribution in [0.5, 0.6) is 0 Å². The number of rotatable bonds is 3. The number of aryl methyl sites for hydroxylation is 1. The van der Waals surface area contributed by atoms with Gasteiger partial charge in [0.05, 0.1) is 5.69 Å². The smallest absolute Gasteiger partial charge is 0.245 e. The van der Waals surface area contributed by atoms with E-state index in [1.807, 2.05) is 17.0 Å². The van der Waals surface area contributed by atoms with E-state index >= 15 is 0 Å². The Labute approximate surface area is 215 Å². The first-order valence-corrected chi connectivity index (χ1v) is 13.1. The van der Waals surface area contributed by atoms with Gasteiger partial charge in [-0.25, -0.2) is 9.61 Å². The Bertz CT molecular complexity index is 1540. The maximum absolute atomic E-state index is 12.1. The number of benzene rings is 1. The molecule has 8 heteroatoms. The second-order valence-corrected chi connectivity index (χ2v) is 12.1. The molecule has 0 radical (unpaired) electrons. The van der Waals surface area contributed by atoms with Crippen LogP contribution < -0.4 is 4.90 Å². The van der Waals surface area contributed by atoms with Crippen LogP contribution in [0.2, 0.25) is 0 Å². The Morgan fingerprint density at radius 3 is 2.78 bits per heavy atom. The van der Waals surface area contributed by atoms with E-state index in [9.17, 15) is 10.1 Å². The van der Waals surface area contributed by atoms with E-state index in [4.69, 9.17) is 9.61 Å². The van der Waals surface area contributed by atoms with Gasteiger partial charge in [-0.2, -0.15) is 5.26 Å². The number of aromatic nitrogens is 3. The monoisotopic (exact) mass is 494 g/mol. The third kappa shape index (κ3) is 2.94. The van der Waals surface area contributed by atoms with Gasteiger partial charge in [-0.05, 0) is 71.1 Å². The lowest BCUT2D eigenvalue weighted by Crippen LogP contribution is -2.59. The molecule has 1 amide bonds. The molecule has 2 aliphatic heterocycles. The quantitative estimate of drug-likeness (QED) is 0.498. The Morgan fingerprint density at radius 1 is 1.24 bits per heavy atom. The molecule has 2 bridgehead atoms. The predicted molar refractivity (Wildman–Crippen MR) is 139 cm³/mol. The van der Waals surface area contributed by atoms with Crippen LogP contribution in [-0.2, 0) is 11.2 Å². The Hall–Kier alpha value is -3.73. The molecule has 37 heavy (non-hydrogen) atoms. The lowest BCUT2D eigenvalue weighted by Gasteiger charge is -2.57. The Kier molecular flexibility index (Phi) is 4.50. The zero-order valence-electron chi connectivity index (χ0n) is 21.5. The van der Waals surface area contributed by atoms with Crippen molar-refractivity contribution in [1.82, 2.24) is 20.2 Å². The minimum Gasteiger partial charge on any atom is -0.355 e. The minimum absolute atomic E-state index is 0.0115. The van der Waals surface area contributed by atoms with Crippen LogP contribution in [0.15, 0.2) is 29.4 Å². The zero-order valence-corrected chi connectivity index (χ0v) is 21.5. The molecule has 1 aromatic carbocycles. The second kappa shape index (κ2) is 7.41. The molecule has 8 nitrogen and oxygen atoms in total. The highest BCUT2D eigenvalue weighted by atomic mass is 16.6. The van der Waals surface area contributed by atoms with Crippen LogP contribution in [-0.4, -0.2) is 52.3 Å². The normalized spacial score (nSPS) is 24.4. The fraction of sp³-hybridized carbons (Fsp3) is 0.483. The zero-order chi connectivity index (χ0) is 25.7. The average Bonchev–Trinajstić information content (AvgIpc) is 3.53. The predicted octanol–water partition coefficient (Wildman–Crippen LogP) is 4.38. The van der Waals surface area contributed by atoms with E-state index in [1.54, 1.807) is 0 Å². The van der Waals surface area contributed by atoms with Gasteiger partial charge >= 0.3 is 0 Å². The lowest BCUT2D eigenvalue weighted by atomic mass is 9.48. The van der Waals surface area contributed by atoms with Gasteiger partial charge in [0.25, 0.3) is 0 Å².